The van der Waals surface area contributed by atoms with Crippen LogP contribution in [0, 0.1) is 6.92 Å². The van der Waals surface area contributed by atoms with Gasteiger partial charge in [-0.05, 0) is 25.1 Å². The summed E-state index contributed by atoms with van der Waals surface area (Å²) in [6, 6.07) is 7.47. The lowest BCUT2D eigenvalue weighted by atomic mass is 10.2. The van der Waals surface area contributed by atoms with Crippen LogP contribution in [0.15, 0.2) is 30.5 Å². The Bertz CT molecular complexity index is 1080. The van der Waals surface area contributed by atoms with Crippen molar-refractivity contribution in [3.63, 3.8) is 0 Å². The lowest BCUT2D eigenvalue weighted by Gasteiger charge is -2.32. The molecule has 4 rings (SSSR count). The van der Waals surface area contributed by atoms with Crippen molar-refractivity contribution in [3.05, 3.63) is 46.3 Å². The molecule has 0 spiro atoms. The molecule has 10 heteroatoms. The second-order valence-corrected chi connectivity index (χ2v) is 9.72. The molecule has 0 radical (unpaired) electrons. The van der Waals surface area contributed by atoms with Gasteiger partial charge in [-0.1, -0.05) is 25.4 Å². The fraction of sp³-hybridized carbons (Fsp3) is 0.455. The SMILES string of the molecule is Cc1cc(OCC2CN(C(=O)Cn3ccc(-c4ccc(Cl)s4)n3)CCO2)nc(C(C)C)n1. The van der Waals surface area contributed by atoms with Crippen LogP contribution in [-0.2, 0) is 16.1 Å². The summed E-state index contributed by atoms with van der Waals surface area (Å²) in [5, 5.41) is 4.51. The fourth-order valence-electron chi connectivity index (χ4n) is 3.39. The molecule has 0 N–H and O–H groups in total. The Kier molecular flexibility index (Phi) is 7.07. The highest BCUT2D eigenvalue weighted by Gasteiger charge is 2.25. The molecule has 0 saturated carbocycles. The maximum absolute atomic E-state index is 12.8. The Morgan fingerprint density at radius 1 is 1.34 bits per heavy atom. The lowest BCUT2D eigenvalue weighted by molar-refractivity contribution is -0.140. The minimum absolute atomic E-state index is 0.00265. The molecular weight excluding hydrogens is 450 g/mol. The number of aromatic nitrogens is 4. The highest BCUT2D eigenvalue weighted by atomic mass is 35.5. The van der Waals surface area contributed by atoms with Crippen LogP contribution in [0.2, 0.25) is 4.34 Å². The van der Waals surface area contributed by atoms with Gasteiger partial charge in [-0.2, -0.15) is 10.1 Å². The number of halogens is 1. The van der Waals surface area contributed by atoms with Crippen molar-refractivity contribution in [3.8, 4) is 16.5 Å². The van der Waals surface area contributed by atoms with Crippen molar-refractivity contribution in [1.29, 1.82) is 0 Å². The third kappa shape index (κ3) is 5.65. The quantitative estimate of drug-likeness (QED) is 0.517. The first kappa shape index (κ1) is 22.7. The average molecular weight is 476 g/mol. The van der Waals surface area contributed by atoms with Crippen molar-refractivity contribution < 1.29 is 14.3 Å². The van der Waals surface area contributed by atoms with Crippen molar-refractivity contribution in [1.82, 2.24) is 24.6 Å². The Balaban J connectivity index is 1.32. The summed E-state index contributed by atoms with van der Waals surface area (Å²) < 4.78 is 14.1. The normalized spacial score (nSPS) is 16.5. The number of rotatable bonds is 7. The van der Waals surface area contributed by atoms with Gasteiger partial charge in [0.25, 0.3) is 0 Å². The first-order chi connectivity index (χ1) is 15.4. The molecule has 3 aromatic heterocycles. The molecule has 3 aromatic rings. The van der Waals surface area contributed by atoms with Gasteiger partial charge in [-0.3, -0.25) is 9.48 Å². The van der Waals surface area contributed by atoms with Gasteiger partial charge in [0.2, 0.25) is 11.8 Å². The van der Waals surface area contributed by atoms with E-state index < -0.39 is 0 Å². The van der Waals surface area contributed by atoms with Crippen LogP contribution in [-0.4, -0.2) is 63.0 Å². The van der Waals surface area contributed by atoms with Crippen molar-refractivity contribution >= 4 is 28.8 Å². The second-order valence-electron chi connectivity index (χ2n) is 8.01. The first-order valence-corrected chi connectivity index (χ1v) is 11.7. The molecule has 1 atom stereocenters. The molecule has 0 bridgehead atoms. The molecule has 1 amide bonds. The number of nitrogens with zero attached hydrogens (tertiary/aromatic N) is 5. The highest BCUT2D eigenvalue weighted by molar-refractivity contribution is 7.19. The highest BCUT2D eigenvalue weighted by Crippen LogP contribution is 2.29. The van der Waals surface area contributed by atoms with Crippen LogP contribution in [0.1, 0.15) is 31.3 Å². The molecule has 0 aromatic carbocycles. The summed E-state index contributed by atoms with van der Waals surface area (Å²) in [6.45, 7) is 8.00. The topological polar surface area (TPSA) is 82.4 Å². The van der Waals surface area contributed by atoms with Gasteiger partial charge in [-0.15, -0.1) is 11.3 Å². The molecule has 1 fully saturated rings. The summed E-state index contributed by atoms with van der Waals surface area (Å²) in [4.78, 5) is 24.5. The van der Waals surface area contributed by atoms with E-state index in [-0.39, 0.29) is 24.5 Å². The van der Waals surface area contributed by atoms with Crippen LogP contribution in [0.3, 0.4) is 0 Å². The maximum Gasteiger partial charge on any atom is 0.244 e. The predicted molar refractivity (Wildman–Crippen MR) is 123 cm³/mol. The van der Waals surface area contributed by atoms with E-state index in [1.807, 2.05) is 51.2 Å². The third-order valence-electron chi connectivity index (χ3n) is 5.04. The number of hydrogen-bond acceptors (Lipinski definition) is 7. The number of aryl methyl sites for hydroxylation is 1. The Morgan fingerprint density at radius 3 is 2.94 bits per heavy atom. The van der Waals surface area contributed by atoms with E-state index in [0.29, 0.717) is 36.5 Å². The number of thiophene rings is 1. The zero-order chi connectivity index (χ0) is 22.7. The maximum atomic E-state index is 12.8. The molecular formula is C22H26ClN5O3S. The van der Waals surface area contributed by atoms with Crippen LogP contribution in [0.5, 0.6) is 5.88 Å². The predicted octanol–water partition coefficient (Wildman–Crippen LogP) is 3.79. The van der Waals surface area contributed by atoms with E-state index in [0.717, 1.165) is 22.1 Å². The largest absolute Gasteiger partial charge is 0.475 e. The van der Waals surface area contributed by atoms with Gasteiger partial charge in [0.15, 0.2) is 0 Å². The number of hydrogen-bond donors (Lipinski definition) is 0. The van der Waals surface area contributed by atoms with E-state index in [1.54, 1.807) is 9.58 Å². The van der Waals surface area contributed by atoms with E-state index in [4.69, 9.17) is 21.1 Å². The third-order valence-corrected chi connectivity index (χ3v) is 6.29. The van der Waals surface area contributed by atoms with E-state index >= 15 is 0 Å². The molecule has 4 heterocycles. The molecule has 170 valence electrons. The van der Waals surface area contributed by atoms with Gasteiger partial charge in [0.05, 0.1) is 22.4 Å². The summed E-state index contributed by atoms with van der Waals surface area (Å²) in [7, 11) is 0. The lowest BCUT2D eigenvalue weighted by Crippen LogP contribution is -2.48. The number of carbonyl (C=O) groups excluding carboxylic acids is 1. The van der Waals surface area contributed by atoms with Crippen molar-refractivity contribution in [2.24, 2.45) is 0 Å². The summed E-state index contributed by atoms with van der Waals surface area (Å²) in [6.07, 6.45) is 1.60. The van der Waals surface area contributed by atoms with Crippen molar-refractivity contribution in [2.45, 2.75) is 39.3 Å². The zero-order valence-electron chi connectivity index (χ0n) is 18.3. The van der Waals surface area contributed by atoms with Gasteiger partial charge in [0, 0.05) is 30.4 Å². The molecule has 0 aliphatic carbocycles. The minimum Gasteiger partial charge on any atom is -0.475 e. The van der Waals surface area contributed by atoms with Crippen molar-refractivity contribution in [2.75, 3.05) is 26.3 Å². The molecule has 1 aliphatic rings. The van der Waals surface area contributed by atoms with Crippen LogP contribution >= 0.6 is 22.9 Å². The van der Waals surface area contributed by atoms with Crippen LogP contribution in [0.4, 0.5) is 0 Å². The summed E-state index contributed by atoms with van der Waals surface area (Å²) >= 11 is 7.47. The second kappa shape index (κ2) is 9.97. The van der Waals surface area contributed by atoms with Crippen LogP contribution < -0.4 is 4.74 Å². The molecule has 8 nitrogen and oxygen atoms in total. The molecule has 1 aliphatic heterocycles. The number of amides is 1. The Hall–Kier alpha value is -2.49. The van der Waals surface area contributed by atoms with E-state index in [2.05, 4.69) is 15.1 Å². The molecule has 1 saturated heterocycles. The van der Waals surface area contributed by atoms with E-state index in [9.17, 15) is 4.79 Å². The summed E-state index contributed by atoms with van der Waals surface area (Å²) in [5.74, 6) is 1.50. The van der Waals surface area contributed by atoms with Gasteiger partial charge < -0.3 is 14.4 Å². The number of ether oxygens (including phenoxy) is 2. The zero-order valence-corrected chi connectivity index (χ0v) is 19.9. The fourth-order valence-corrected chi connectivity index (χ4v) is 4.40. The average Bonchev–Trinajstić information content (AvgIpc) is 3.41. The first-order valence-electron chi connectivity index (χ1n) is 10.5. The van der Waals surface area contributed by atoms with Gasteiger partial charge >= 0.3 is 0 Å². The number of carbonyl (C=O) groups is 1. The number of morpholine rings is 1. The van der Waals surface area contributed by atoms with E-state index in [1.165, 1.54) is 11.3 Å². The smallest absolute Gasteiger partial charge is 0.244 e. The standard InChI is InChI=1S/C22H26ClN5O3S/c1-14(2)22-24-15(3)10-20(25-22)31-13-16-11-27(8-9-30-16)21(29)12-28-7-6-17(26-28)18-4-5-19(23)32-18/h4-7,10,14,16H,8-9,11-13H2,1-3H3. The Labute approximate surface area is 196 Å². The van der Waals surface area contributed by atoms with Gasteiger partial charge in [-0.25, -0.2) is 4.98 Å². The minimum atomic E-state index is -0.216. The molecule has 32 heavy (non-hydrogen) atoms. The summed E-state index contributed by atoms with van der Waals surface area (Å²) in [5.41, 5.74) is 1.67. The Morgan fingerprint density at radius 2 is 2.19 bits per heavy atom. The molecule has 1 unspecified atom stereocenters. The monoisotopic (exact) mass is 475 g/mol. The van der Waals surface area contributed by atoms with Crippen LogP contribution in [0.25, 0.3) is 10.6 Å². The van der Waals surface area contributed by atoms with Gasteiger partial charge in [0.1, 0.15) is 30.8 Å².